The standard InChI is InChI=1S/C13H13N5O2/c1-2-11-16-13-15-9(12(19)20)7-10(18(13)17-11)8-3-5-14-6-4-8/h3-7,10H,2H2,1H3,(H,19,20)(H,15,16,17)/t10-/m1/s1. The van der Waals surface area contributed by atoms with E-state index in [0.29, 0.717) is 18.2 Å². The molecule has 0 saturated carbocycles. The van der Waals surface area contributed by atoms with E-state index in [1.54, 1.807) is 23.2 Å². The number of aromatic nitrogens is 4. The molecular formula is C13H13N5O2. The largest absolute Gasteiger partial charge is 0.477 e. The Morgan fingerprint density at radius 3 is 2.85 bits per heavy atom. The van der Waals surface area contributed by atoms with Crippen molar-refractivity contribution >= 4 is 11.9 Å². The smallest absolute Gasteiger partial charge is 0.352 e. The Hall–Kier alpha value is -2.70. The lowest BCUT2D eigenvalue weighted by molar-refractivity contribution is -0.132. The summed E-state index contributed by atoms with van der Waals surface area (Å²) < 4.78 is 1.70. The molecule has 3 heterocycles. The van der Waals surface area contributed by atoms with Crippen molar-refractivity contribution in [3.63, 3.8) is 0 Å². The first kappa shape index (κ1) is 12.3. The Morgan fingerprint density at radius 2 is 2.20 bits per heavy atom. The molecule has 0 saturated heterocycles. The van der Waals surface area contributed by atoms with Crippen LogP contribution in [0.5, 0.6) is 0 Å². The summed E-state index contributed by atoms with van der Waals surface area (Å²) >= 11 is 0. The highest BCUT2D eigenvalue weighted by atomic mass is 16.4. The van der Waals surface area contributed by atoms with Crippen molar-refractivity contribution in [3.8, 4) is 0 Å². The van der Waals surface area contributed by atoms with Crippen LogP contribution in [0.1, 0.15) is 24.4 Å². The molecule has 1 aliphatic rings. The minimum absolute atomic E-state index is 0.106. The van der Waals surface area contributed by atoms with Gasteiger partial charge in [0.05, 0.1) is 0 Å². The van der Waals surface area contributed by atoms with E-state index in [2.05, 4.69) is 20.4 Å². The van der Waals surface area contributed by atoms with Gasteiger partial charge in [0.2, 0.25) is 5.95 Å². The second-order valence-electron chi connectivity index (χ2n) is 4.39. The normalized spacial score (nSPS) is 17.1. The minimum atomic E-state index is -1.02. The monoisotopic (exact) mass is 271 g/mol. The number of aliphatic carboxylic acids is 1. The quantitative estimate of drug-likeness (QED) is 0.871. The molecule has 7 heteroatoms. The van der Waals surface area contributed by atoms with Crippen LogP contribution >= 0.6 is 0 Å². The zero-order chi connectivity index (χ0) is 14.1. The number of pyridine rings is 1. The van der Waals surface area contributed by atoms with Crippen molar-refractivity contribution in [1.29, 1.82) is 0 Å². The highest BCUT2D eigenvalue weighted by Crippen LogP contribution is 2.28. The van der Waals surface area contributed by atoms with Gasteiger partial charge in [-0.05, 0) is 23.8 Å². The number of fused-ring (bicyclic) bond motifs is 1. The van der Waals surface area contributed by atoms with Gasteiger partial charge in [-0.25, -0.2) is 9.48 Å². The van der Waals surface area contributed by atoms with Crippen LogP contribution in [0.4, 0.5) is 5.95 Å². The fourth-order valence-electron chi connectivity index (χ4n) is 2.11. The van der Waals surface area contributed by atoms with E-state index in [4.69, 9.17) is 0 Å². The number of nitrogens with zero attached hydrogens (tertiary/aromatic N) is 4. The van der Waals surface area contributed by atoms with Crippen LogP contribution in [0.3, 0.4) is 0 Å². The van der Waals surface area contributed by atoms with Gasteiger partial charge < -0.3 is 10.4 Å². The molecule has 1 atom stereocenters. The molecule has 3 rings (SSSR count). The van der Waals surface area contributed by atoms with Crippen molar-refractivity contribution in [1.82, 2.24) is 19.7 Å². The predicted octanol–water partition coefficient (Wildman–Crippen LogP) is 1.22. The maximum absolute atomic E-state index is 11.2. The summed E-state index contributed by atoms with van der Waals surface area (Å²) in [4.78, 5) is 19.5. The lowest BCUT2D eigenvalue weighted by atomic mass is 10.1. The number of carboxylic acids is 1. The zero-order valence-electron chi connectivity index (χ0n) is 10.8. The second-order valence-corrected chi connectivity index (χ2v) is 4.39. The lowest BCUT2D eigenvalue weighted by Gasteiger charge is -2.22. The Labute approximate surface area is 115 Å². The topological polar surface area (TPSA) is 92.9 Å². The van der Waals surface area contributed by atoms with Crippen LogP contribution in [0.2, 0.25) is 0 Å². The van der Waals surface area contributed by atoms with Gasteiger partial charge in [-0.15, -0.1) is 0 Å². The fourth-order valence-corrected chi connectivity index (χ4v) is 2.11. The SMILES string of the molecule is CCc1nc2n(n1)[C@@H](c1ccncc1)C=C(C(=O)O)N2. The highest BCUT2D eigenvalue weighted by molar-refractivity contribution is 5.90. The Kier molecular flexibility index (Phi) is 2.94. The number of carbonyl (C=O) groups is 1. The summed E-state index contributed by atoms with van der Waals surface area (Å²) in [5.74, 6) is 0.103. The molecule has 2 aromatic heterocycles. The number of allylic oxidation sites excluding steroid dienone is 1. The van der Waals surface area contributed by atoms with Gasteiger partial charge in [0, 0.05) is 18.8 Å². The van der Waals surface area contributed by atoms with E-state index in [-0.39, 0.29) is 11.7 Å². The number of nitrogens with one attached hydrogen (secondary N) is 1. The summed E-state index contributed by atoms with van der Waals surface area (Å²) in [6.07, 6.45) is 5.65. The van der Waals surface area contributed by atoms with Crippen molar-refractivity contribution < 1.29 is 9.90 Å². The van der Waals surface area contributed by atoms with Gasteiger partial charge in [-0.3, -0.25) is 4.98 Å². The average molecular weight is 271 g/mol. The second kappa shape index (κ2) is 4.76. The molecule has 0 unspecified atom stereocenters. The molecule has 2 aromatic rings. The predicted molar refractivity (Wildman–Crippen MR) is 71.1 cm³/mol. The molecule has 2 N–H and O–H groups in total. The van der Waals surface area contributed by atoms with E-state index in [0.717, 1.165) is 5.56 Å². The summed E-state index contributed by atoms with van der Waals surface area (Å²) in [6.45, 7) is 1.95. The zero-order valence-corrected chi connectivity index (χ0v) is 10.8. The van der Waals surface area contributed by atoms with Gasteiger partial charge in [0.1, 0.15) is 11.7 Å². The highest BCUT2D eigenvalue weighted by Gasteiger charge is 2.26. The van der Waals surface area contributed by atoms with Crippen molar-refractivity contribution in [2.75, 3.05) is 5.32 Å². The molecule has 20 heavy (non-hydrogen) atoms. The maximum atomic E-state index is 11.2. The molecule has 0 amide bonds. The molecule has 0 bridgehead atoms. The number of carboxylic acid groups (broad SMARTS) is 1. The molecule has 102 valence electrons. The van der Waals surface area contributed by atoms with E-state index < -0.39 is 5.97 Å². The Morgan fingerprint density at radius 1 is 1.45 bits per heavy atom. The van der Waals surface area contributed by atoms with Gasteiger partial charge >= 0.3 is 5.97 Å². The average Bonchev–Trinajstić information content (AvgIpc) is 2.90. The Balaban J connectivity index is 2.11. The van der Waals surface area contributed by atoms with Crippen molar-refractivity contribution in [2.24, 2.45) is 0 Å². The molecular weight excluding hydrogens is 258 g/mol. The van der Waals surface area contributed by atoms with Crippen LogP contribution < -0.4 is 5.32 Å². The fraction of sp³-hybridized carbons (Fsp3) is 0.231. The molecule has 1 aliphatic heterocycles. The Bertz CT molecular complexity index is 677. The molecule has 7 nitrogen and oxygen atoms in total. The molecule has 0 fully saturated rings. The number of anilines is 1. The van der Waals surface area contributed by atoms with Crippen LogP contribution in [0, 0.1) is 0 Å². The minimum Gasteiger partial charge on any atom is -0.477 e. The van der Waals surface area contributed by atoms with Crippen LogP contribution in [-0.4, -0.2) is 30.8 Å². The van der Waals surface area contributed by atoms with Gasteiger partial charge in [-0.2, -0.15) is 10.1 Å². The molecule has 0 aliphatic carbocycles. The number of hydrogen-bond acceptors (Lipinski definition) is 5. The first-order valence-corrected chi connectivity index (χ1v) is 6.26. The van der Waals surface area contributed by atoms with Gasteiger partial charge in [0.25, 0.3) is 0 Å². The van der Waals surface area contributed by atoms with Crippen molar-refractivity contribution in [3.05, 3.63) is 47.7 Å². The third-order valence-electron chi connectivity index (χ3n) is 3.10. The third-order valence-corrected chi connectivity index (χ3v) is 3.10. The van der Waals surface area contributed by atoms with Crippen LogP contribution in [0.25, 0.3) is 0 Å². The van der Waals surface area contributed by atoms with Gasteiger partial charge in [0.15, 0.2) is 5.82 Å². The summed E-state index contributed by atoms with van der Waals surface area (Å²) in [6, 6.07) is 3.37. The van der Waals surface area contributed by atoms with Gasteiger partial charge in [-0.1, -0.05) is 6.92 Å². The summed E-state index contributed by atoms with van der Waals surface area (Å²) in [5.41, 5.74) is 1.02. The number of aryl methyl sites for hydroxylation is 1. The number of rotatable bonds is 3. The maximum Gasteiger partial charge on any atom is 0.352 e. The summed E-state index contributed by atoms with van der Waals surface area (Å²) in [7, 11) is 0. The molecule has 0 radical (unpaired) electrons. The van der Waals surface area contributed by atoms with Crippen LogP contribution in [0.15, 0.2) is 36.3 Å². The van der Waals surface area contributed by atoms with E-state index in [1.807, 2.05) is 19.1 Å². The molecule has 0 spiro atoms. The van der Waals surface area contributed by atoms with E-state index in [1.165, 1.54) is 0 Å². The lowest BCUT2D eigenvalue weighted by Crippen LogP contribution is -2.24. The number of hydrogen-bond donors (Lipinski definition) is 2. The van der Waals surface area contributed by atoms with Crippen molar-refractivity contribution in [2.45, 2.75) is 19.4 Å². The van der Waals surface area contributed by atoms with E-state index in [9.17, 15) is 9.90 Å². The first-order valence-electron chi connectivity index (χ1n) is 6.26. The van der Waals surface area contributed by atoms with E-state index >= 15 is 0 Å². The molecule has 0 aromatic carbocycles. The third kappa shape index (κ3) is 2.03. The first-order chi connectivity index (χ1) is 9.69. The summed E-state index contributed by atoms with van der Waals surface area (Å²) in [5, 5.41) is 16.4. The van der Waals surface area contributed by atoms with Crippen LogP contribution in [-0.2, 0) is 11.2 Å².